The van der Waals surface area contributed by atoms with Crippen molar-refractivity contribution in [2.24, 2.45) is 4.99 Å². The first-order valence-electron chi connectivity index (χ1n) is 8.44. The molecule has 1 aromatic heterocycles. The van der Waals surface area contributed by atoms with Crippen molar-refractivity contribution in [3.8, 4) is 0 Å². The van der Waals surface area contributed by atoms with Gasteiger partial charge in [0.1, 0.15) is 0 Å². The second kappa shape index (κ2) is 10.4. The molecule has 0 aliphatic rings. The lowest BCUT2D eigenvalue weighted by Crippen LogP contribution is -2.42. The van der Waals surface area contributed by atoms with Gasteiger partial charge in [-0.2, -0.15) is 0 Å². The summed E-state index contributed by atoms with van der Waals surface area (Å²) in [5, 5.41) is 8.77. The van der Waals surface area contributed by atoms with Crippen molar-refractivity contribution in [2.45, 2.75) is 31.6 Å². The van der Waals surface area contributed by atoms with Crippen LogP contribution in [0.15, 0.2) is 46.8 Å². The second-order valence-corrected chi connectivity index (χ2v) is 10.1. The summed E-state index contributed by atoms with van der Waals surface area (Å²) in [7, 11) is -1.25. The molecule has 2 rings (SSSR count). The minimum absolute atomic E-state index is 0. The third-order valence-corrected chi connectivity index (χ3v) is 6.11. The highest BCUT2D eigenvalue weighted by Crippen LogP contribution is 2.26. The zero-order valence-electron chi connectivity index (χ0n) is 16.2. The van der Waals surface area contributed by atoms with Crippen LogP contribution in [0.25, 0.3) is 0 Å². The average Bonchev–Trinajstić information content (AvgIpc) is 3.10. The van der Waals surface area contributed by atoms with Gasteiger partial charge in [0, 0.05) is 36.7 Å². The zero-order chi connectivity index (χ0) is 19.2. The van der Waals surface area contributed by atoms with Gasteiger partial charge in [0.15, 0.2) is 15.8 Å². The Hall–Kier alpha value is -1.13. The highest BCUT2D eigenvalue weighted by Gasteiger charge is 2.21. The third-order valence-electron chi connectivity index (χ3n) is 4.02. The fraction of sp³-hybridized carbons (Fsp3) is 0.421. The number of sulfone groups is 1. The number of hydrogen-bond acceptors (Lipinski definition) is 4. The molecule has 8 heteroatoms. The maximum atomic E-state index is 11.3. The molecule has 1 heterocycles. The van der Waals surface area contributed by atoms with Gasteiger partial charge < -0.3 is 10.6 Å². The van der Waals surface area contributed by atoms with Crippen molar-refractivity contribution in [3.63, 3.8) is 0 Å². The topological polar surface area (TPSA) is 70.6 Å². The van der Waals surface area contributed by atoms with E-state index in [4.69, 9.17) is 0 Å². The summed E-state index contributed by atoms with van der Waals surface area (Å²) in [6, 6.07) is 11.8. The molecule has 0 aliphatic carbocycles. The number of thiophene rings is 1. The Balaban J connectivity index is 0.00000364. The number of halogens is 1. The van der Waals surface area contributed by atoms with Crippen LogP contribution in [0.1, 0.15) is 29.9 Å². The molecule has 0 radical (unpaired) electrons. The van der Waals surface area contributed by atoms with Gasteiger partial charge in [-0.3, -0.25) is 4.99 Å². The monoisotopic (exact) mass is 521 g/mol. The minimum atomic E-state index is -3.00. The zero-order valence-corrected chi connectivity index (χ0v) is 20.1. The van der Waals surface area contributed by atoms with Crippen LogP contribution in [0.4, 0.5) is 0 Å². The molecule has 0 saturated carbocycles. The smallest absolute Gasteiger partial charge is 0.191 e. The Morgan fingerprint density at radius 3 is 2.26 bits per heavy atom. The predicted molar refractivity (Wildman–Crippen MR) is 126 cm³/mol. The largest absolute Gasteiger partial charge is 0.356 e. The van der Waals surface area contributed by atoms with E-state index in [1.54, 1.807) is 18.4 Å². The van der Waals surface area contributed by atoms with Gasteiger partial charge >= 0.3 is 0 Å². The van der Waals surface area contributed by atoms with Crippen molar-refractivity contribution >= 4 is 51.1 Å². The molecule has 0 atom stereocenters. The first kappa shape index (κ1) is 23.9. The van der Waals surface area contributed by atoms with Crippen molar-refractivity contribution in [1.29, 1.82) is 0 Å². The Morgan fingerprint density at radius 2 is 1.74 bits per heavy atom. The fourth-order valence-electron chi connectivity index (χ4n) is 2.52. The van der Waals surface area contributed by atoms with Crippen molar-refractivity contribution in [1.82, 2.24) is 10.6 Å². The van der Waals surface area contributed by atoms with Gasteiger partial charge in [0.2, 0.25) is 0 Å². The number of aliphatic imine (C=N–C) groups is 1. The highest BCUT2D eigenvalue weighted by molar-refractivity contribution is 14.0. The number of nitrogens with zero attached hydrogens (tertiary/aromatic N) is 1. The van der Waals surface area contributed by atoms with Crippen molar-refractivity contribution < 1.29 is 8.42 Å². The van der Waals surface area contributed by atoms with E-state index in [0.717, 1.165) is 23.6 Å². The molecule has 5 nitrogen and oxygen atoms in total. The van der Waals surface area contributed by atoms with E-state index in [1.807, 2.05) is 24.3 Å². The summed E-state index contributed by atoms with van der Waals surface area (Å²) in [4.78, 5) is 5.61. The van der Waals surface area contributed by atoms with Gasteiger partial charge in [0.25, 0.3) is 0 Å². The van der Waals surface area contributed by atoms with E-state index >= 15 is 0 Å². The standard InChI is InChI=1S/C19H27N3O2S2.HI/c1-19(2,17-6-5-11-25-17)14-22-18(20-3)21-12-15-7-9-16(10-8-15)13-26(4,23)24;/h5-11H,12-14H2,1-4H3,(H2,20,21,22);1H. The van der Waals surface area contributed by atoms with Crippen LogP contribution in [0.5, 0.6) is 0 Å². The van der Waals surface area contributed by atoms with Crippen LogP contribution in [0, 0.1) is 0 Å². The van der Waals surface area contributed by atoms with Gasteiger partial charge in [-0.05, 0) is 22.6 Å². The lowest BCUT2D eigenvalue weighted by molar-refractivity contribution is 0.518. The Bertz CT molecular complexity index is 830. The number of guanidine groups is 1. The van der Waals surface area contributed by atoms with Crippen molar-refractivity contribution in [3.05, 3.63) is 57.8 Å². The third kappa shape index (κ3) is 8.18. The molecule has 0 spiro atoms. The lowest BCUT2D eigenvalue weighted by atomic mass is 9.91. The Labute approximate surface area is 183 Å². The fourth-order valence-corrected chi connectivity index (χ4v) is 4.17. The van der Waals surface area contributed by atoms with Crippen LogP contribution in [0.2, 0.25) is 0 Å². The van der Waals surface area contributed by atoms with Crippen LogP contribution in [-0.2, 0) is 27.5 Å². The lowest BCUT2D eigenvalue weighted by Gasteiger charge is -2.25. The molecule has 150 valence electrons. The first-order valence-corrected chi connectivity index (χ1v) is 11.4. The summed E-state index contributed by atoms with van der Waals surface area (Å²) >= 11 is 1.76. The van der Waals surface area contributed by atoms with Crippen LogP contribution in [0.3, 0.4) is 0 Å². The molecule has 0 bridgehead atoms. The summed E-state index contributed by atoms with van der Waals surface area (Å²) < 4.78 is 22.7. The Morgan fingerprint density at radius 1 is 1.11 bits per heavy atom. The number of nitrogens with one attached hydrogen (secondary N) is 2. The van der Waals surface area contributed by atoms with E-state index in [0.29, 0.717) is 6.54 Å². The van der Waals surface area contributed by atoms with Gasteiger partial charge in [-0.1, -0.05) is 44.2 Å². The van der Waals surface area contributed by atoms with E-state index in [9.17, 15) is 8.42 Å². The maximum Gasteiger partial charge on any atom is 0.191 e. The number of hydrogen-bond donors (Lipinski definition) is 2. The minimum Gasteiger partial charge on any atom is -0.356 e. The normalized spacial score (nSPS) is 12.4. The molecular weight excluding hydrogens is 493 g/mol. The number of rotatable bonds is 7. The second-order valence-electron chi connectivity index (χ2n) is 7.03. The molecule has 0 unspecified atom stereocenters. The molecular formula is C19H28IN3O2S2. The van der Waals surface area contributed by atoms with E-state index < -0.39 is 9.84 Å². The molecule has 0 fully saturated rings. The quantitative estimate of drug-likeness (QED) is 0.332. The van der Waals surface area contributed by atoms with Gasteiger partial charge in [-0.25, -0.2) is 8.42 Å². The SMILES string of the molecule is CN=C(NCc1ccc(CS(C)(=O)=O)cc1)NCC(C)(C)c1cccs1.I. The van der Waals surface area contributed by atoms with Gasteiger partial charge in [0.05, 0.1) is 5.75 Å². The molecule has 0 aliphatic heterocycles. The highest BCUT2D eigenvalue weighted by atomic mass is 127. The van der Waals surface area contributed by atoms with E-state index in [1.165, 1.54) is 11.1 Å². The van der Waals surface area contributed by atoms with Gasteiger partial charge in [-0.15, -0.1) is 35.3 Å². The average molecular weight is 521 g/mol. The molecule has 0 amide bonds. The molecule has 1 aromatic carbocycles. The van der Waals surface area contributed by atoms with Crippen molar-refractivity contribution in [2.75, 3.05) is 19.8 Å². The maximum absolute atomic E-state index is 11.3. The summed E-state index contributed by atoms with van der Waals surface area (Å²) in [5.41, 5.74) is 1.90. The first-order chi connectivity index (χ1) is 12.2. The molecule has 0 saturated heterocycles. The van der Waals surface area contributed by atoms with E-state index in [2.05, 4.69) is 47.0 Å². The van der Waals surface area contributed by atoms with E-state index in [-0.39, 0.29) is 35.1 Å². The summed E-state index contributed by atoms with van der Waals surface area (Å²) in [6.45, 7) is 5.82. The summed E-state index contributed by atoms with van der Waals surface area (Å²) in [6.07, 6.45) is 1.25. The van der Waals surface area contributed by atoms with Crippen LogP contribution in [-0.4, -0.2) is 34.2 Å². The molecule has 2 N–H and O–H groups in total. The molecule has 27 heavy (non-hydrogen) atoms. The van der Waals surface area contributed by atoms with Crippen LogP contribution < -0.4 is 10.6 Å². The summed E-state index contributed by atoms with van der Waals surface area (Å²) in [5.74, 6) is 0.816. The Kier molecular flexibility index (Phi) is 9.23. The number of benzene rings is 1. The van der Waals surface area contributed by atoms with Crippen LogP contribution >= 0.6 is 35.3 Å². The molecule has 2 aromatic rings. The predicted octanol–water partition coefficient (Wildman–Crippen LogP) is 3.55.